The predicted octanol–water partition coefficient (Wildman–Crippen LogP) is -3.56. The van der Waals surface area contributed by atoms with E-state index in [1.165, 1.54) is 0 Å². The monoisotopic (exact) mass is 316 g/mol. The van der Waals surface area contributed by atoms with Crippen molar-refractivity contribution in [1.29, 1.82) is 0 Å². The Hall–Kier alpha value is 1.82. The molecular weight excluding hydrogens is 310 g/mol. The maximum absolute atomic E-state index is 9.26. The largest absolute Gasteiger partial charge is 2.00 e. The summed E-state index contributed by atoms with van der Waals surface area (Å²) in [6.45, 7) is 0. The molecule has 0 amide bonds. The zero-order valence-electron chi connectivity index (χ0n) is 6.05. The Morgan fingerprint density at radius 2 is 1.09 bits per heavy atom. The van der Waals surface area contributed by atoms with Gasteiger partial charge >= 0.3 is 106 Å². The summed E-state index contributed by atoms with van der Waals surface area (Å²) in [6, 6.07) is 0. The van der Waals surface area contributed by atoms with Gasteiger partial charge in [-0.15, -0.1) is 0 Å². The Bertz CT molecular complexity index is 103. The van der Waals surface area contributed by atoms with E-state index in [0.29, 0.717) is 0 Å². The molecule has 0 rings (SSSR count). The van der Waals surface area contributed by atoms with Gasteiger partial charge in [-0.3, -0.25) is 0 Å². The second-order valence-electron chi connectivity index (χ2n) is 0.812. The van der Waals surface area contributed by atoms with Gasteiger partial charge in [-0.25, -0.2) is 0 Å². The van der Waals surface area contributed by atoms with Crippen molar-refractivity contribution in [3.05, 3.63) is 0 Å². The first-order valence-electron chi connectivity index (χ1n) is 1.91. The molecule has 0 fully saturated rings. The fourth-order valence-electron chi connectivity index (χ4n) is 0. The Kier molecular flexibility index (Phi) is 24.2. The SMILES string of the molecule is CO[As](=O)[O-].CO[As](=O)[O-].[Ca+2]. The van der Waals surface area contributed by atoms with E-state index in [4.69, 9.17) is 0 Å². The Morgan fingerprint density at radius 1 is 1.00 bits per heavy atom. The molecule has 0 aliphatic heterocycles. The zero-order valence-corrected chi connectivity index (χ0v) is 12.0. The van der Waals surface area contributed by atoms with Crippen molar-refractivity contribution in [1.82, 2.24) is 0 Å². The molecule has 0 N–H and O–H groups in total. The van der Waals surface area contributed by atoms with E-state index in [9.17, 15) is 15.7 Å². The van der Waals surface area contributed by atoms with Crippen LogP contribution >= 0.6 is 0 Å². The molecule has 9 heteroatoms. The molecule has 0 bridgehead atoms. The van der Waals surface area contributed by atoms with Crippen molar-refractivity contribution in [2.24, 2.45) is 0 Å². The average Bonchev–Trinajstić information content (AvgIpc) is 1.89. The normalized spacial score (nSPS) is 10.2. The third kappa shape index (κ3) is 33.7. The van der Waals surface area contributed by atoms with Crippen molar-refractivity contribution < 1.29 is 23.1 Å². The van der Waals surface area contributed by atoms with Crippen LogP contribution in [0.2, 0.25) is 0 Å². The van der Waals surface area contributed by atoms with Crippen LogP contribution in [0.5, 0.6) is 0 Å². The van der Waals surface area contributed by atoms with Crippen LogP contribution in [0.1, 0.15) is 0 Å². The quantitative estimate of drug-likeness (QED) is 0.489. The molecular formula is C2H6As2CaO6. The van der Waals surface area contributed by atoms with Crippen LogP contribution in [-0.4, -0.2) is 82.5 Å². The van der Waals surface area contributed by atoms with Crippen molar-refractivity contribution in [2.75, 3.05) is 14.2 Å². The summed E-state index contributed by atoms with van der Waals surface area (Å²) < 4.78 is 44.6. The topological polar surface area (TPSA) is 98.7 Å². The molecule has 0 spiro atoms. The van der Waals surface area contributed by atoms with Crippen LogP contribution in [0.3, 0.4) is 0 Å². The smallest absolute Gasteiger partial charge is 2.00 e. The van der Waals surface area contributed by atoms with Crippen LogP contribution in [-0.2, 0) is 14.9 Å². The van der Waals surface area contributed by atoms with Gasteiger partial charge in [0.2, 0.25) is 0 Å². The van der Waals surface area contributed by atoms with Crippen molar-refractivity contribution in [2.45, 2.75) is 0 Å². The number of hydrogen-bond acceptors (Lipinski definition) is 6. The Morgan fingerprint density at radius 3 is 1.09 bits per heavy atom. The minimum atomic E-state index is -3.20. The summed E-state index contributed by atoms with van der Waals surface area (Å²) in [6.07, 6.45) is 0. The van der Waals surface area contributed by atoms with E-state index in [1.54, 1.807) is 0 Å². The molecule has 6 nitrogen and oxygen atoms in total. The van der Waals surface area contributed by atoms with Gasteiger partial charge in [0, 0.05) is 0 Å². The maximum atomic E-state index is 9.26. The summed E-state index contributed by atoms with van der Waals surface area (Å²) in [5.74, 6) is 0. The van der Waals surface area contributed by atoms with Crippen LogP contribution < -0.4 is 8.19 Å². The molecule has 2 atom stereocenters. The van der Waals surface area contributed by atoms with E-state index in [2.05, 4.69) is 7.45 Å². The maximum Gasteiger partial charge on any atom is 2.00 e. The van der Waals surface area contributed by atoms with Gasteiger partial charge in [-0.1, -0.05) is 0 Å². The summed E-state index contributed by atoms with van der Waals surface area (Å²) >= 11 is -6.40. The van der Waals surface area contributed by atoms with Gasteiger partial charge in [-0.2, -0.15) is 0 Å². The minimum Gasteiger partial charge on any atom is 2.00 e. The van der Waals surface area contributed by atoms with Gasteiger partial charge < -0.3 is 0 Å². The average molecular weight is 316 g/mol. The van der Waals surface area contributed by atoms with Gasteiger partial charge in [0.1, 0.15) is 0 Å². The van der Waals surface area contributed by atoms with E-state index in [-0.39, 0.29) is 37.7 Å². The molecule has 0 saturated heterocycles. The molecule has 0 aliphatic carbocycles. The molecule has 0 heterocycles. The summed E-state index contributed by atoms with van der Waals surface area (Å²) in [5, 5.41) is 0. The third-order valence-corrected chi connectivity index (χ3v) is 1.55. The second kappa shape index (κ2) is 14.3. The molecule has 0 aromatic carbocycles. The molecule has 0 aliphatic rings. The molecule has 2 unspecified atom stereocenters. The minimum absolute atomic E-state index is 0. The molecule has 0 saturated carbocycles. The Balaban J connectivity index is -0.000000107. The number of rotatable bonds is 2. The number of hydrogen-bond donors (Lipinski definition) is 0. The van der Waals surface area contributed by atoms with Gasteiger partial charge in [0.25, 0.3) is 0 Å². The molecule has 0 aromatic heterocycles. The Labute approximate surface area is 104 Å². The first-order valence-corrected chi connectivity index (χ1v) is 6.51. The standard InChI is InChI=1S/2CH3AsO3.Ca/c2*1-5-2(3)4;/h2*1H3;/q2*-1;+2. The first kappa shape index (κ1) is 18.6. The zero-order chi connectivity index (χ0) is 8.57. The fraction of sp³-hybridized carbons (Fsp3) is 1.00. The van der Waals surface area contributed by atoms with Crippen LogP contribution in [0.25, 0.3) is 0 Å². The van der Waals surface area contributed by atoms with Gasteiger partial charge in [0.05, 0.1) is 0 Å². The predicted molar refractivity (Wildman–Crippen MR) is 32.7 cm³/mol. The van der Waals surface area contributed by atoms with Gasteiger partial charge in [-0.05, 0) is 0 Å². The summed E-state index contributed by atoms with van der Waals surface area (Å²) in [4.78, 5) is 0. The molecule has 0 aromatic rings. The molecule has 62 valence electrons. The van der Waals surface area contributed by atoms with E-state index in [0.717, 1.165) is 14.2 Å². The van der Waals surface area contributed by atoms with E-state index in [1.807, 2.05) is 0 Å². The van der Waals surface area contributed by atoms with Crippen LogP contribution in [0.15, 0.2) is 0 Å². The van der Waals surface area contributed by atoms with Crippen molar-refractivity contribution in [3.8, 4) is 0 Å². The summed E-state index contributed by atoms with van der Waals surface area (Å²) in [7, 11) is 2.28. The third-order valence-electron chi connectivity index (χ3n) is 0.298. The van der Waals surface area contributed by atoms with Crippen LogP contribution in [0, 0.1) is 0 Å². The van der Waals surface area contributed by atoms with Crippen molar-refractivity contribution >= 4 is 68.3 Å². The summed E-state index contributed by atoms with van der Waals surface area (Å²) in [5.41, 5.74) is 0. The molecule has 11 heavy (non-hydrogen) atoms. The van der Waals surface area contributed by atoms with E-state index >= 15 is 0 Å². The fourth-order valence-corrected chi connectivity index (χ4v) is 0. The van der Waals surface area contributed by atoms with Crippen LogP contribution in [0.4, 0.5) is 0 Å². The van der Waals surface area contributed by atoms with Gasteiger partial charge in [0.15, 0.2) is 0 Å². The first-order chi connectivity index (χ1) is 4.54. The second-order valence-corrected chi connectivity index (χ2v) is 4.22. The van der Waals surface area contributed by atoms with Crippen molar-refractivity contribution in [3.63, 3.8) is 0 Å². The molecule has 2 radical (unpaired) electrons. The van der Waals surface area contributed by atoms with E-state index < -0.39 is 30.5 Å².